The van der Waals surface area contributed by atoms with Gasteiger partial charge in [-0.15, -0.1) is 10.2 Å². The van der Waals surface area contributed by atoms with Crippen molar-refractivity contribution in [3.05, 3.63) is 40.1 Å². The summed E-state index contributed by atoms with van der Waals surface area (Å²) in [5.41, 5.74) is 1.08. The molecule has 1 aromatic heterocycles. The van der Waals surface area contributed by atoms with E-state index in [4.69, 9.17) is 5.84 Å². The van der Waals surface area contributed by atoms with Gasteiger partial charge in [0.25, 0.3) is 0 Å². The minimum atomic E-state index is 0.0352. The van der Waals surface area contributed by atoms with E-state index in [-0.39, 0.29) is 5.91 Å². The van der Waals surface area contributed by atoms with Gasteiger partial charge in [-0.05, 0) is 24.5 Å². The molecule has 0 aliphatic heterocycles. The fourth-order valence-corrected chi connectivity index (χ4v) is 4.45. The molecule has 1 saturated carbocycles. The highest BCUT2D eigenvalue weighted by molar-refractivity contribution is 9.10. The molecule has 1 aliphatic carbocycles. The predicted octanol–water partition coefficient (Wildman–Crippen LogP) is 3.55. The number of amides is 1. The third-order valence-corrected chi connectivity index (χ3v) is 6.48. The van der Waals surface area contributed by atoms with Gasteiger partial charge in [-0.1, -0.05) is 65.2 Å². The first-order valence-corrected chi connectivity index (χ1v) is 10.6. The number of nitrogens with zero attached hydrogens (tertiary/aromatic N) is 4. The maximum atomic E-state index is 12.4. The van der Waals surface area contributed by atoms with Crippen LogP contribution in [-0.2, 0) is 11.3 Å². The summed E-state index contributed by atoms with van der Waals surface area (Å²) in [5, 5.41) is 9.08. The second-order valence-electron chi connectivity index (χ2n) is 6.68. The van der Waals surface area contributed by atoms with Gasteiger partial charge in [-0.25, -0.2) is 4.68 Å². The predicted molar refractivity (Wildman–Crippen MR) is 107 cm³/mol. The van der Waals surface area contributed by atoms with E-state index < -0.39 is 0 Å². The number of rotatable bonds is 6. The number of thioether (sulfide) groups is 1. The van der Waals surface area contributed by atoms with Crippen molar-refractivity contribution in [2.45, 2.75) is 49.7 Å². The van der Waals surface area contributed by atoms with E-state index in [0.717, 1.165) is 28.7 Å². The van der Waals surface area contributed by atoms with Crippen molar-refractivity contribution in [1.29, 1.82) is 0 Å². The third-order valence-electron chi connectivity index (χ3n) is 4.78. The van der Waals surface area contributed by atoms with E-state index in [2.05, 4.69) is 26.1 Å². The van der Waals surface area contributed by atoms with Gasteiger partial charge >= 0.3 is 0 Å². The largest absolute Gasteiger partial charge is 0.341 e. The molecule has 8 heteroatoms. The molecule has 0 bridgehead atoms. The number of hydrogen-bond acceptors (Lipinski definition) is 5. The smallest absolute Gasteiger partial charge is 0.233 e. The summed E-state index contributed by atoms with van der Waals surface area (Å²) in [6.07, 6.45) is 5.97. The maximum Gasteiger partial charge on any atom is 0.233 e. The quantitative estimate of drug-likeness (QED) is 0.552. The van der Waals surface area contributed by atoms with Crippen LogP contribution in [0.15, 0.2) is 33.9 Å². The number of aromatic nitrogens is 3. The molecule has 6 nitrogen and oxygen atoms in total. The van der Waals surface area contributed by atoms with Crippen molar-refractivity contribution < 1.29 is 4.79 Å². The lowest BCUT2D eigenvalue weighted by atomic mass is 9.89. The van der Waals surface area contributed by atoms with Crippen LogP contribution in [0, 0.1) is 0 Å². The topological polar surface area (TPSA) is 77.0 Å². The van der Waals surface area contributed by atoms with Crippen molar-refractivity contribution in [1.82, 2.24) is 19.8 Å². The lowest BCUT2D eigenvalue weighted by Crippen LogP contribution is -2.28. The molecular weight excluding hydrogens is 414 g/mol. The first-order valence-electron chi connectivity index (χ1n) is 8.87. The van der Waals surface area contributed by atoms with Crippen LogP contribution in [0.25, 0.3) is 0 Å². The Morgan fingerprint density at radius 1 is 1.31 bits per heavy atom. The van der Waals surface area contributed by atoms with Gasteiger partial charge < -0.3 is 10.7 Å². The molecule has 3 rings (SSSR count). The van der Waals surface area contributed by atoms with Crippen molar-refractivity contribution in [2.24, 2.45) is 0 Å². The Hall–Kier alpha value is -1.54. The molecule has 0 spiro atoms. The molecule has 0 unspecified atom stereocenters. The van der Waals surface area contributed by atoms with Crippen molar-refractivity contribution in [3.8, 4) is 0 Å². The van der Waals surface area contributed by atoms with E-state index >= 15 is 0 Å². The monoisotopic (exact) mass is 437 g/mol. The zero-order valence-corrected chi connectivity index (χ0v) is 17.3. The van der Waals surface area contributed by atoms with Gasteiger partial charge in [0.05, 0.1) is 5.75 Å². The van der Waals surface area contributed by atoms with Gasteiger partial charge in [0, 0.05) is 24.0 Å². The van der Waals surface area contributed by atoms with Crippen LogP contribution in [0.1, 0.15) is 49.4 Å². The number of carbonyl (C=O) groups excluding carboxylic acids is 1. The number of nitrogens with two attached hydrogens (primary N) is 1. The highest BCUT2D eigenvalue weighted by Gasteiger charge is 2.23. The Balaban J connectivity index is 1.56. The molecule has 0 saturated heterocycles. The van der Waals surface area contributed by atoms with Gasteiger partial charge in [0.15, 0.2) is 5.82 Å². The van der Waals surface area contributed by atoms with Crippen molar-refractivity contribution in [2.75, 3.05) is 18.6 Å². The minimum Gasteiger partial charge on any atom is -0.341 e. The molecule has 1 aromatic carbocycles. The molecule has 1 fully saturated rings. The Kier molecular flexibility index (Phi) is 6.58. The Bertz CT molecular complexity index is 760. The van der Waals surface area contributed by atoms with Gasteiger partial charge in [-0.3, -0.25) is 4.79 Å². The van der Waals surface area contributed by atoms with Gasteiger partial charge in [-0.2, -0.15) is 0 Å². The van der Waals surface area contributed by atoms with E-state index in [9.17, 15) is 4.79 Å². The van der Waals surface area contributed by atoms with E-state index in [0.29, 0.717) is 23.4 Å². The first-order chi connectivity index (χ1) is 12.6. The van der Waals surface area contributed by atoms with Gasteiger partial charge in [0.1, 0.15) is 0 Å². The number of nitrogen functional groups attached to an aromatic ring is 1. The van der Waals surface area contributed by atoms with E-state index in [1.54, 1.807) is 9.58 Å². The molecule has 26 heavy (non-hydrogen) atoms. The molecular formula is C18H24BrN5OS. The third kappa shape index (κ3) is 4.59. The highest BCUT2D eigenvalue weighted by atomic mass is 79.9. The van der Waals surface area contributed by atoms with Crippen LogP contribution >= 0.6 is 27.7 Å². The lowest BCUT2D eigenvalue weighted by Gasteiger charge is -2.20. The maximum absolute atomic E-state index is 12.4. The molecule has 140 valence electrons. The SMILES string of the molecule is CN(Cc1ccccc1Br)C(=O)CSc1nnc(C2CCCCC2)n1N. The number of hydrogen-bond donors (Lipinski definition) is 1. The molecule has 1 heterocycles. The molecule has 0 atom stereocenters. The summed E-state index contributed by atoms with van der Waals surface area (Å²) in [6, 6.07) is 7.92. The molecule has 2 aromatic rings. The van der Waals surface area contributed by atoms with Crippen LogP contribution in [0.2, 0.25) is 0 Å². The molecule has 2 N–H and O–H groups in total. The van der Waals surface area contributed by atoms with Crippen LogP contribution in [0.3, 0.4) is 0 Å². The van der Waals surface area contributed by atoms with Crippen LogP contribution in [-0.4, -0.2) is 38.5 Å². The Morgan fingerprint density at radius 3 is 2.77 bits per heavy atom. The first kappa shape index (κ1) is 19.2. The number of benzene rings is 1. The van der Waals surface area contributed by atoms with E-state index in [1.807, 2.05) is 31.3 Å². The minimum absolute atomic E-state index is 0.0352. The second-order valence-corrected chi connectivity index (χ2v) is 8.47. The normalized spacial score (nSPS) is 15.2. The molecule has 1 amide bonds. The summed E-state index contributed by atoms with van der Waals surface area (Å²) in [7, 11) is 1.81. The Labute approximate surface area is 166 Å². The van der Waals surface area contributed by atoms with Crippen LogP contribution in [0.5, 0.6) is 0 Å². The van der Waals surface area contributed by atoms with Crippen molar-refractivity contribution in [3.63, 3.8) is 0 Å². The summed E-state index contributed by atoms with van der Waals surface area (Å²) in [6.45, 7) is 0.559. The number of carbonyl (C=O) groups is 1. The summed E-state index contributed by atoms with van der Waals surface area (Å²) in [5.74, 6) is 7.75. The molecule has 0 radical (unpaired) electrons. The average Bonchev–Trinajstić information content (AvgIpc) is 3.03. The average molecular weight is 438 g/mol. The van der Waals surface area contributed by atoms with Crippen molar-refractivity contribution >= 4 is 33.6 Å². The number of halogens is 1. The fraction of sp³-hybridized carbons (Fsp3) is 0.500. The van der Waals surface area contributed by atoms with Gasteiger partial charge in [0.2, 0.25) is 11.1 Å². The zero-order chi connectivity index (χ0) is 18.5. The van der Waals surface area contributed by atoms with E-state index in [1.165, 1.54) is 31.0 Å². The lowest BCUT2D eigenvalue weighted by molar-refractivity contribution is -0.127. The Morgan fingerprint density at radius 2 is 2.04 bits per heavy atom. The summed E-state index contributed by atoms with van der Waals surface area (Å²) < 4.78 is 2.58. The standard InChI is InChI=1S/C18H24BrN5OS/c1-23(11-14-9-5-6-10-15(14)19)16(25)12-26-18-22-21-17(24(18)20)13-7-3-2-4-8-13/h5-6,9-10,13H,2-4,7-8,11-12,20H2,1H3. The zero-order valence-electron chi connectivity index (χ0n) is 14.9. The van der Waals surface area contributed by atoms with Crippen LogP contribution < -0.4 is 5.84 Å². The second kappa shape index (κ2) is 8.90. The van der Waals surface area contributed by atoms with Crippen LogP contribution in [0.4, 0.5) is 0 Å². The fourth-order valence-electron chi connectivity index (χ4n) is 3.23. The summed E-state index contributed by atoms with van der Waals surface area (Å²) >= 11 is 4.86. The highest BCUT2D eigenvalue weighted by Crippen LogP contribution is 2.32. The molecule has 1 aliphatic rings. The summed E-state index contributed by atoms with van der Waals surface area (Å²) in [4.78, 5) is 14.2.